The molecule has 0 unspecified atom stereocenters. The monoisotopic (exact) mass is 332 g/mol. The Morgan fingerprint density at radius 1 is 0.840 bits per heavy atom. The van der Waals surface area contributed by atoms with Crippen molar-refractivity contribution >= 4 is 0 Å². The highest BCUT2D eigenvalue weighted by molar-refractivity contribution is 5.76. The number of benzene rings is 2. The fourth-order valence-electron chi connectivity index (χ4n) is 3.56. The summed E-state index contributed by atoms with van der Waals surface area (Å²) < 4.78 is 6.17. The van der Waals surface area contributed by atoms with Crippen molar-refractivity contribution < 1.29 is 4.42 Å². The van der Waals surface area contributed by atoms with Crippen LogP contribution in [-0.4, -0.2) is 11.0 Å². The van der Waals surface area contributed by atoms with Gasteiger partial charge < -0.3 is 9.73 Å². The fourth-order valence-corrected chi connectivity index (χ4v) is 3.56. The van der Waals surface area contributed by atoms with Crippen LogP contribution in [0.5, 0.6) is 0 Å². The van der Waals surface area contributed by atoms with E-state index in [4.69, 9.17) is 9.40 Å². The van der Waals surface area contributed by atoms with Crippen LogP contribution in [0.15, 0.2) is 65.1 Å². The summed E-state index contributed by atoms with van der Waals surface area (Å²) in [6, 6.07) is 21.1. The topological polar surface area (TPSA) is 38.1 Å². The van der Waals surface area contributed by atoms with Gasteiger partial charge in [0.05, 0.1) is 6.54 Å². The predicted molar refractivity (Wildman–Crippen MR) is 101 cm³/mol. The molecule has 4 rings (SSSR count). The Bertz CT molecular complexity index is 732. The third kappa shape index (κ3) is 3.83. The van der Waals surface area contributed by atoms with E-state index in [2.05, 4.69) is 29.6 Å². The summed E-state index contributed by atoms with van der Waals surface area (Å²) in [6.45, 7) is 0.692. The number of hydrogen-bond donors (Lipinski definition) is 1. The zero-order chi connectivity index (χ0) is 16.9. The summed E-state index contributed by atoms with van der Waals surface area (Å²) in [7, 11) is 0. The van der Waals surface area contributed by atoms with Gasteiger partial charge in [-0.2, -0.15) is 0 Å². The Labute approximate surface area is 149 Å². The van der Waals surface area contributed by atoms with Crippen molar-refractivity contribution in [2.45, 2.75) is 44.7 Å². The van der Waals surface area contributed by atoms with E-state index in [0.29, 0.717) is 12.6 Å². The van der Waals surface area contributed by atoms with Gasteiger partial charge in [0, 0.05) is 17.2 Å². The molecule has 128 valence electrons. The molecule has 0 radical (unpaired) electrons. The van der Waals surface area contributed by atoms with Gasteiger partial charge in [-0.15, -0.1) is 0 Å². The first kappa shape index (κ1) is 16.1. The van der Waals surface area contributed by atoms with E-state index in [-0.39, 0.29) is 0 Å². The van der Waals surface area contributed by atoms with Crippen molar-refractivity contribution in [3.05, 3.63) is 66.6 Å². The molecule has 1 N–H and O–H groups in total. The lowest BCUT2D eigenvalue weighted by molar-refractivity contribution is 0.354. The standard InChI is InChI=1S/C22H24N2O/c1-4-10-17(11-5-1)21-22(18-12-6-2-7-13-18)25-20(24-21)16-23-19-14-8-3-9-15-19/h1-2,4-7,10-13,19,23H,3,8-9,14-16H2. The lowest BCUT2D eigenvalue weighted by Gasteiger charge is -2.21. The third-order valence-electron chi connectivity index (χ3n) is 4.90. The average Bonchev–Trinajstić information content (AvgIpc) is 3.13. The summed E-state index contributed by atoms with van der Waals surface area (Å²) in [6.07, 6.45) is 6.55. The van der Waals surface area contributed by atoms with Gasteiger partial charge in [0.1, 0.15) is 5.69 Å². The first-order valence-electron chi connectivity index (χ1n) is 9.24. The zero-order valence-corrected chi connectivity index (χ0v) is 14.4. The van der Waals surface area contributed by atoms with Gasteiger partial charge in [-0.05, 0) is 12.8 Å². The second-order valence-electron chi connectivity index (χ2n) is 6.73. The minimum atomic E-state index is 0.598. The Balaban J connectivity index is 1.61. The highest BCUT2D eigenvalue weighted by Crippen LogP contribution is 2.32. The van der Waals surface area contributed by atoms with E-state index in [0.717, 1.165) is 28.5 Å². The molecule has 0 saturated heterocycles. The molecule has 0 amide bonds. The second-order valence-corrected chi connectivity index (χ2v) is 6.73. The van der Waals surface area contributed by atoms with Gasteiger partial charge in [-0.3, -0.25) is 0 Å². The number of nitrogens with one attached hydrogen (secondary N) is 1. The molecule has 1 aliphatic carbocycles. The van der Waals surface area contributed by atoms with Gasteiger partial charge in [0.25, 0.3) is 0 Å². The van der Waals surface area contributed by atoms with Gasteiger partial charge >= 0.3 is 0 Å². The molecule has 25 heavy (non-hydrogen) atoms. The summed E-state index contributed by atoms with van der Waals surface area (Å²) >= 11 is 0. The molecule has 1 aliphatic rings. The molecule has 3 heteroatoms. The maximum Gasteiger partial charge on any atom is 0.209 e. The van der Waals surface area contributed by atoms with Crippen LogP contribution in [0.2, 0.25) is 0 Å². The van der Waals surface area contributed by atoms with Crippen LogP contribution >= 0.6 is 0 Å². The molecule has 0 atom stereocenters. The number of nitrogens with zero attached hydrogens (tertiary/aromatic N) is 1. The van der Waals surface area contributed by atoms with Crippen molar-refractivity contribution in [3.63, 3.8) is 0 Å². The van der Waals surface area contributed by atoms with Crippen LogP contribution < -0.4 is 5.32 Å². The van der Waals surface area contributed by atoms with Gasteiger partial charge in [0.2, 0.25) is 5.89 Å². The molecule has 0 spiro atoms. The van der Waals surface area contributed by atoms with Crippen LogP contribution in [0, 0.1) is 0 Å². The smallest absolute Gasteiger partial charge is 0.209 e. The van der Waals surface area contributed by atoms with Crippen LogP contribution in [0.25, 0.3) is 22.6 Å². The van der Waals surface area contributed by atoms with Crippen LogP contribution in [0.3, 0.4) is 0 Å². The Morgan fingerprint density at radius 3 is 2.16 bits per heavy atom. The predicted octanol–water partition coefficient (Wildman–Crippen LogP) is 5.43. The molecule has 3 aromatic rings. The van der Waals surface area contributed by atoms with Crippen molar-refractivity contribution in [1.29, 1.82) is 0 Å². The summed E-state index contributed by atoms with van der Waals surface area (Å²) in [4.78, 5) is 4.81. The lowest BCUT2D eigenvalue weighted by Crippen LogP contribution is -2.30. The maximum absolute atomic E-state index is 6.17. The Kier molecular flexibility index (Phi) is 4.93. The van der Waals surface area contributed by atoms with Crippen molar-refractivity contribution in [1.82, 2.24) is 10.3 Å². The summed E-state index contributed by atoms with van der Waals surface area (Å²) in [5.74, 6) is 1.62. The summed E-state index contributed by atoms with van der Waals surface area (Å²) in [5.41, 5.74) is 3.08. The molecule has 1 aromatic heterocycles. The van der Waals surface area contributed by atoms with Gasteiger partial charge in [-0.1, -0.05) is 79.9 Å². The van der Waals surface area contributed by atoms with Crippen LogP contribution in [0.1, 0.15) is 38.0 Å². The molecule has 1 fully saturated rings. The molecular formula is C22H24N2O. The van der Waals surface area contributed by atoms with Crippen molar-refractivity contribution in [2.75, 3.05) is 0 Å². The van der Waals surface area contributed by atoms with E-state index in [1.54, 1.807) is 0 Å². The maximum atomic E-state index is 6.17. The average molecular weight is 332 g/mol. The van der Waals surface area contributed by atoms with E-state index in [1.165, 1.54) is 32.1 Å². The molecular weight excluding hydrogens is 308 g/mol. The molecule has 1 saturated carbocycles. The fraction of sp³-hybridized carbons (Fsp3) is 0.318. The molecule has 0 bridgehead atoms. The van der Waals surface area contributed by atoms with Crippen molar-refractivity contribution in [3.8, 4) is 22.6 Å². The minimum Gasteiger partial charge on any atom is -0.439 e. The van der Waals surface area contributed by atoms with E-state index in [9.17, 15) is 0 Å². The number of rotatable bonds is 5. The second kappa shape index (κ2) is 7.66. The zero-order valence-electron chi connectivity index (χ0n) is 14.4. The van der Waals surface area contributed by atoms with E-state index >= 15 is 0 Å². The molecule has 3 nitrogen and oxygen atoms in total. The number of hydrogen-bond acceptors (Lipinski definition) is 3. The number of aromatic nitrogens is 1. The van der Waals surface area contributed by atoms with Gasteiger partial charge in [-0.25, -0.2) is 4.98 Å². The molecule has 2 aromatic carbocycles. The molecule has 0 aliphatic heterocycles. The van der Waals surface area contributed by atoms with E-state index < -0.39 is 0 Å². The van der Waals surface area contributed by atoms with Crippen LogP contribution in [-0.2, 0) is 6.54 Å². The van der Waals surface area contributed by atoms with Gasteiger partial charge in [0.15, 0.2) is 5.76 Å². The van der Waals surface area contributed by atoms with Crippen molar-refractivity contribution in [2.24, 2.45) is 0 Å². The van der Waals surface area contributed by atoms with Crippen LogP contribution in [0.4, 0.5) is 0 Å². The quantitative estimate of drug-likeness (QED) is 0.677. The largest absolute Gasteiger partial charge is 0.439 e. The number of oxazole rings is 1. The minimum absolute atomic E-state index is 0.598. The van der Waals surface area contributed by atoms with E-state index in [1.807, 2.05) is 36.4 Å². The highest BCUT2D eigenvalue weighted by atomic mass is 16.4. The third-order valence-corrected chi connectivity index (χ3v) is 4.90. The summed E-state index contributed by atoms with van der Waals surface area (Å²) in [5, 5.41) is 3.63. The SMILES string of the molecule is c1ccc(-c2nc(CNC3CCCCC3)oc2-c2ccccc2)cc1. The Hall–Kier alpha value is -2.39. The Morgan fingerprint density at radius 2 is 1.48 bits per heavy atom. The highest BCUT2D eigenvalue weighted by Gasteiger charge is 2.18. The first-order chi connectivity index (χ1) is 12.4. The lowest BCUT2D eigenvalue weighted by atomic mass is 9.95. The molecule has 1 heterocycles. The first-order valence-corrected chi connectivity index (χ1v) is 9.24. The normalized spacial score (nSPS) is 15.4.